The highest BCUT2D eigenvalue weighted by atomic mass is 32.1. The van der Waals surface area contributed by atoms with Gasteiger partial charge in [0, 0.05) is 28.0 Å². The van der Waals surface area contributed by atoms with Crippen molar-refractivity contribution < 1.29 is 9.90 Å². The molecule has 3 rings (SSSR count). The minimum Gasteiger partial charge on any atom is -0.392 e. The Kier molecular flexibility index (Phi) is 4.78. The number of aliphatic hydroxyl groups excluding tert-OH is 1. The summed E-state index contributed by atoms with van der Waals surface area (Å²) in [6.07, 6.45) is 3.14. The Bertz CT molecular complexity index is 853. The van der Waals surface area contributed by atoms with Gasteiger partial charge in [-0.15, -0.1) is 11.3 Å². The summed E-state index contributed by atoms with van der Waals surface area (Å²) in [4.78, 5) is 17.9. The highest BCUT2D eigenvalue weighted by Gasteiger charge is 2.17. The van der Waals surface area contributed by atoms with Crippen LogP contribution in [0.15, 0.2) is 42.0 Å². The summed E-state index contributed by atoms with van der Waals surface area (Å²) < 4.78 is 2.14. The number of amides is 1. The van der Waals surface area contributed by atoms with E-state index in [9.17, 15) is 9.90 Å². The molecule has 3 aromatic heterocycles. The first-order valence-electron chi connectivity index (χ1n) is 7.64. The van der Waals surface area contributed by atoms with Crippen LogP contribution in [-0.4, -0.2) is 20.6 Å². The third-order valence-electron chi connectivity index (χ3n) is 4.04. The lowest BCUT2D eigenvalue weighted by Gasteiger charge is -2.10. The number of aromatic nitrogens is 2. The molecule has 2 N–H and O–H groups in total. The highest BCUT2D eigenvalue weighted by molar-refractivity contribution is 7.09. The van der Waals surface area contributed by atoms with E-state index < -0.39 is 0 Å². The molecule has 0 radical (unpaired) electrons. The molecule has 1 amide bonds. The summed E-state index contributed by atoms with van der Waals surface area (Å²) in [6.45, 7) is 4.57. The van der Waals surface area contributed by atoms with E-state index in [2.05, 4.69) is 26.3 Å². The molecule has 0 fully saturated rings. The zero-order chi connectivity index (χ0) is 17.1. The monoisotopic (exact) mass is 341 g/mol. The van der Waals surface area contributed by atoms with Gasteiger partial charge in [0.05, 0.1) is 30.6 Å². The first-order valence-corrected chi connectivity index (χ1v) is 8.52. The topological polar surface area (TPSA) is 67.2 Å². The lowest BCUT2D eigenvalue weighted by molar-refractivity contribution is 0.102. The van der Waals surface area contributed by atoms with Crippen LogP contribution >= 0.6 is 11.3 Å². The van der Waals surface area contributed by atoms with E-state index in [1.165, 1.54) is 4.88 Å². The van der Waals surface area contributed by atoms with Crippen LogP contribution in [0.1, 0.15) is 32.2 Å². The Hall–Kier alpha value is -2.44. The molecule has 0 unspecified atom stereocenters. The van der Waals surface area contributed by atoms with Crippen molar-refractivity contribution in [3.63, 3.8) is 0 Å². The Morgan fingerprint density at radius 3 is 2.92 bits per heavy atom. The van der Waals surface area contributed by atoms with Crippen molar-refractivity contribution in [2.45, 2.75) is 27.0 Å². The SMILES string of the molecule is Cc1cc(C(=O)Nc2cnccc2CO)c(C)n1Cc1cccs1. The molecule has 24 heavy (non-hydrogen) atoms. The number of rotatable bonds is 5. The van der Waals surface area contributed by atoms with E-state index in [1.807, 2.05) is 26.0 Å². The highest BCUT2D eigenvalue weighted by Crippen LogP contribution is 2.21. The minimum absolute atomic E-state index is 0.143. The Balaban J connectivity index is 1.85. The van der Waals surface area contributed by atoms with E-state index in [4.69, 9.17) is 0 Å². The van der Waals surface area contributed by atoms with Gasteiger partial charge in [-0.25, -0.2) is 0 Å². The van der Waals surface area contributed by atoms with E-state index in [0.29, 0.717) is 16.8 Å². The average molecular weight is 341 g/mol. The van der Waals surface area contributed by atoms with Crippen molar-refractivity contribution in [2.75, 3.05) is 5.32 Å². The number of aliphatic hydroxyl groups is 1. The van der Waals surface area contributed by atoms with Gasteiger partial charge in [0.2, 0.25) is 0 Å². The number of thiophene rings is 1. The largest absolute Gasteiger partial charge is 0.392 e. The molecule has 3 aromatic rings. The average Bonchev–Trinajstić information content (AvgIpc) is 3.19. The molecule has 3 heterocycles. The van der Waals surface area contributed by atoms with E-state index in [-0.39, 0.29) is 12.5 Å². The van der Waals surface area contributed by atoms with Crippen LogP contribution < -0.4 is 5.32 Å². The molecule has 0 aromatic carbocycles. The fourth-order valence-electron chi connectivity index (χ4n) is 2.70. The summed E-state index contributed by atoms with van der Waals surface area (Å²) in [5.41, 5.74) is 3.78. The molecule has 0 spiro atoms. The van der Waals surface area contributed by atoms with Crippen LogP contribution in [0.25, 0.3) is 0 Å². The fraction of sp³-hybridized carbons (Fsp3) is 0.222. The van der Waals surface area contributed by atoms with Crippen LogP contribution in [0.5, 0.6) is 0 Å². The molecule has 0 saturated carbocycles. The second kappa shape index (κ2) is 6.98. The van der Waals surface area contributed by atoms with Gasteiger partial charge in [-0.1, -0.05) is 6.07 Å². The predicted molar refractivity (Wildman–Crippen MR) is 95.4 cm³/mol. The summed E-state index contributed by atoms with van der Waals surface area (Å²) in [5, 5.41) is 14.3. The smallest absolute Gasteiger partial charge is 0.257 e. The van der Waals surface area contributed by atoms with Crippen molar-refractivity contribution in [2.24, 2.45) is 0 Å². The summed E-state index contributed by atoms with van der Waals surface area (Å²) in [5.74, 6) is -0.191. The predicted octanol–water partition coefficient (Wildman–Crippen LogP) is 3.35. The van der Waals surface area contributed by atoms with Gasteiger partial charge in [0.25, 0.3) is 5.91 Å². The molecular weight excluding hydrogens is 322 g/mol. The molecule has 0 aliphatic carbocycles. The molecule has 124 valence electrons. The van der Waals surface area contributed by atoms with Gasteiger partial charge < -0.3 is 15.0 Å². The standard InChI is InChI=1S/C18H19N3O2S/c1-12-8-16(13(2)21(12)10-15-4-3-7-24-15)18(23)20-17-9-19-6-5-14(17)11-22/h3-9,22H,10-11H2,1-2H3,(H,20,23). The number of nitrogens with zero attached hydrogens (tertiary/aromatic N) is 2. The van der Waals surface area contributed by atoms with Crippen LogP contribution in [0.3, 0.4) is 0 Å². The normalized spacial score (nSPS) is 10.8. The third-order valence-corrected chi connectivity index (χ3v) is 4.90. The second-order valence-corrected chi connectivity index (χ2v) is 6.63. The molecule has 0 aliphatic rings. The van der Waals surface area contributed by atoms with Gasteiger partial charge in [0.15, 0.2) is 0 Å². The number of aryl methyl sites for hydroxylation is 1. The van der Waals surface area contributed by atoms with Crippen molar-refractivity contribution in [3.05, 3.63) is 69.4 Å². The number of hydrogen-bond donors (Lipinski definition) is 2. The van der Waals surface area contributed by atoms with Crippen molar-refractivity contribution in [3.8, 4) is 0 Å². The molecule has 0 aliphatic heterocycles. The van der Waals surface area contributed by atoms with Crippen LogP contribution in [0, 0.1) is 13.8 Å². The maximum atomic E-state index is 12.6. The van der Waals surface area contributed by atoms with Crippen molar-refractivity contribution in [1.82, 2.24) is 9.55 Å². The molecular formula is C18H19N3O2S. The maximum Gasteiger partial charge on any atom is 0.257 e. The van der Waals surface area contributed by atoms with E-state index in [0.717, 1.165) is 17.9 Å². The Morgan fingerprint density at radius 1 is 1.38 bits per heavy atom. The van der Waals surface area contributed by atoms with Gasteiger partial charge in [-0.05, 0) is 37.4 Å². The molecule has 5 nitrogen and oxygen atoms in total. The quantitative estimate of drug-likeness (QED) is 0.748. The lowest BCUT2D eigenvalue weighted by Crippen LogP contribution is -2.15. The first-order chi connectivity index (χ1) is 11.6. The number of carbonyl (C=O) groups is 1. The summed E-state index contributed by atoms with van der Waals surface area (Å²) >= 11 is 1.70. The zero-order valence-electron chi connectivity index (χ0n) is 13.6. The van der Waals surface area contributed by atoms with Crippen LogP contribution in [0.4, 0.5) is 5.69 Å². The maximum absolute atomic E-state index is 12.6. The number of carbonyl (C=O) groups excluding carboxylic acids is 1. The van der Waals surface area contributed by atoms with E-state index in [1.54, 1.807) is 29.8 Å². The number of pyridine rings is 1. The Labute approximate surface area is 144 Å². The number of anilines is 1. The molecule has 0 atom stereocenters. The van der Waals surface area contributed by atoms with Crippen molar-refractivity contribution >= 4 is 22.9 Å². The minimum atomic E-state index is -0.191. The lowest BCUT2D eigenvalue weighted by atomic mass is 10.2. The molecule has 6 heteroatoms. The zero-order valence-corrected chi connectivity index (χ0v) is 14.4. The summed E-state index contributed by atoms with van der Waals surface area (Å²) in [6, 6.07) is 7.70. The van der Waals surface area contributed by atoms with Gasteiger partial charge >= 0.3 is 0 Å². The van der Waals surface area contributed by atoms with Crippen LogP contribution in [-0.2, 0) is 13.2 Å². The van der Waals surface area contributed by atoms with E-state index >= 15 is 0 Å². The fourth-order valence-corrected chi connectivity index (χ4v) is 3.39. The van der Waals surface area contributed by atoms with Gasteiger partial charge in [-0.3, -0.25) is 9.78 Å². The Morgan fingerprint density at radius 2 is 2.21 bits per heavy atom. The first kappa shape index (κ1) is 16.4. The third kappa shape index (κ3) is 3.25. The number of nitrogens with one attached hydrogen (secondary N) is 1. The molecule has 0 saturated heterocycles. The number of hydrogen-bond acceptors (Lipinski definition) is 4. The van der Waals surface area contributed by atoms with Crippen LogP contribution in [0.2, 0.25) is 0 Å². The summed E-state index contributed by atoms with van der Waals surface area (Å²) in [7, 11) is 0. The van der Waals surface area contributed by atoms with Gasteiger partial charge in [-0.2, -0.15) is 0 Å². The van der Waals surface area contributed by atoms with Crippen molar-refractivity contribution in [1.29, 1.82) is 0 Å². The molecule has 0 bridgehead atoms. The van der Waals surface area contributed by atoms with Gasteiger partial charge in [0.1, 0.15) is 0 Å². The second-order valence-electron chi connectivity index (χ2n) is 5.60.